The number of pyridine rings is 1. The Morgan fingerprint density at radius 1 is 1.24 bits per heavy atom. The zero-order chi connectivity index (χ0) is 19.8. The van der Waals surface area contributed by atoms with Crippen molar-refractivity contribution in [2.45, 2.75) is 45.6 Å². The lowest BCUT2D eigenvalue weighted by atomic mass is 9.83. The van der Waals surface area contributed by atoms with Gasteiger partial charge in [0.2, 0.25) is 0 Å². The third kappa shape index (κ3) is 6.40. The molecule has 0 spiro atoms. The van der Waals surface area contributed by atoms with Crippen LogP contribution < -0.4 is 10.6 Å². The summed E-state index contributed by atoms with van der Waals surface area (Å²) in [4.78, 5) is 13.2. The highest BCUT2D eigenvalue weighted by molar-refractivity contribution is 14.0. The zero-order valence-electron chi connectivity index (χ0n) is 17.6. The number of aromatic nitrogens is 3. The highest BCUT2D eigenvalue weighted by Gasteiger charge is 2.33. The number of halogens is 1. The fourth-order valence-corrected chi connectivity index (χ4v) is 3.92. The van der Waals surface area contributed by atoms with E-state index in [0.29, 0.717) is 12.0 Å². The Kier molecular flexibility index (Phi) is 9.35. The number of nitrogens with zero attached hydrogens (tertiary/aromatic N) is 4. The van der Waals surface area contributed by atoms with Crippen molar-refractivity contribution in [3.8, 4) is 5.82 Å². The van der Waals surface area contributed by atoms with E-state index in [9.17, 15) is 0 Å². The van der Waals surface area contributed by atoms with Crippen LogP contribution in [0.4, 0.5) is 0 Å². The fraction of sp³-hybridized carbons (Fsp3) is 0.571. The van der Waals surface area contributed by atoms with Crippen LogP contribution in [0, 0.1) is 12.3 Å². The minimum atomic E-state index is 0. The summed E-state index contributed by atoms with van der Waals surface area (Å²) in [6.45, 7) is 4.41. The van der Waals surface area contributed by atoms with Crippen LogP contribution >= 0.6 is 24.0 Å². The highest BCUT2D eigenvalue weighted by atomic mass is 127. The van der Waals surface area contributed by atoms with E-state index >= 15 is 0 Å². The van der Waals surface area contributed by atoms with Crippen molar-refractivity contribution in [1.29, 1.82) is 0 Å². The minimum absolute atomic E-state index is 0. The number of ether oxygens (including phenoxy) is 1. The average molecular weight is 512 g/mol. The maximum atomic E-state index is 5.32. The summed E-state index contributed by atoms with van der Waals surface area (Å²) in [6, 6.07) is 4.10. The van der Waals surface area contributed by atoms with E-state index in [1.807, 2.05) is 37.0 Å². The molecule has 0 bridgehead atoms. The number of imidazole rings is 1. The monoisotopic (exact) mass is 512 g/mol. The molecule has 0 radical (unpaired) electrons. The molecule has 0 atom stereocenters. The predicted molar refractivity (Wildman–Crippen MR) is 127 cm³/mol. The molecule has 7 nitrogen and oxygen atoms in total. The van der Waals surface area contributed by atoms with Gasteiger partial charge >= 0.3 is 0 Å². The largest absolute Gasteiger partial charge is 0.385 e. The molecule has 2 aromatic heterocycles. The molecule has 3 rings (SSSR count). The van der Waals surface area contributed by atoms with Crippen LogP contribution in [0.2, 0.25) is 0 Å². The molecule has 1 saturated carbocycles. The number of guanidine groups is 1. The van der Waals surface area contributed by atoms with Gasteiger partial charge in [0.25, 0.3) is 0 Å². The zero-order valence-corrected chi connectivity index (χ0v) is 20.0. The Balaban J connectivity index is 0.00000300. The number of nitrogens with one attached hydrogen (secondary N) is 2. The van der Waals surface area contributed by atoms with Gasteiger partial charge in [-0.15, -0.1) is 24.0 Å². The number of hydrogen-bond acceptors (Lipinski definition) is 4. The second-order valence-electron chi connectivity index (χ2n) is 7.60. The van der Waals surface area contributed by atoms with E-state index in [-0.39, 0.29) is 24.0 Å². The van der Waals surface area contributed by atoms with Gasteiger partial charge in [0.1, 0.15) is 11.6 Å². The molecule has 1 fully saturated rings. The van der Waals surface area contributed by atoms with Crippen molar-refractivity contribution >= 4 is 29.9 Å². The lowest BCUT2D eigenvalue weighted by Crippen LogP contribution is -2.43. The number of aryl methyl sites for hydroxylation is 1. The Labute approximate surface area is 190 Å². The molecule has 0 amide bonds. The van der Waals surface area contributed by atoms with E-state index in [1.165, 1.54) is 25.7 Å². The van der Waals surface area contributed by atoms with Crippen molar-refractivity contribution in [1.82, 2.24) is 25.2 Å². The fourth-order valence-electron chi connectivity index (χ4n) is 3.92. The van der Waals surface area contributed by atoms with E-state index in [1.54, 1.807) is 13.3 Å². The summed E-state index contributed by atoms with van der Waals surface area (Å²) in [5, 5.41) is 6.92. The molecule has 0 unspecified atom stereocenters. The normalized spacial score (nSPS) is 15.8. The third-order valence-electron chi connectivity index (χ3n) is 5.70. The van der Waals surface area contributed by atoms with Crippen molar-refractivity contribution < 1.29 is 4.74 Å². The van der Waals surface area contributed by atoms with Gasteiger partial charge in [-0.3, -0.25) is 9.56 Å². The molecule has 1 aliphatic rings. The first-order valence-corrected chi connectivity index (χ1v) is 10.0. The molecular weight excluding hydrogens is 479 g/mol. The summed E-state index contributed by atoms with van der Waals surface area (Å²) >= 11 is 0. The standard InChI is InChI=1S/C21H32N6O.HI/c1-17-23-11-12-27(17)19-7-6-18(14-24-19)15-25-20(22-2)26-16-21(10-13-28-3)8-4-5-9-21;/h6-7,11-12,14H,4-5,8-10,13,15-16H2,1-3H3,(H2,22,25,26);1H. The van der Waals surface area contributed by atoms with Crippen LogP contribution in [0.15, 0.2) is 35.7 Å². The van der Waals surface area contributed by atoms with Crippen molar-refractivity contribution in [3.63, 3.8) is 0 Å². The molecule has 29 heavy (non-hydrogen) atoms. The average Bonchev–Trinajstić information content (AvgIpc) is 3.36. The van der Waals surface area contributed by atoms with Gasteiger partial charge < -0.3 is 15.4 Å². The maximum absolute atomic E-state index is 5.32. The van der Waals surface area contributed by atoms with E-state index < -0.39 is 0 Å². The first-order chi connectivity index (χ1) is 13.7. The lowest BCUT2D eigenvalue weighted by molar-refractivity contribution is 0.138. The Morgan fingerprint density at radius 2 is 2.03 bits per heavy atom. The van der Waals surface area contributed by atoms with Gasteiger partial charge in [-0.1, -0.05) is 18.9 Å². The van der Waals surface area contributed by atoms with Gasteiger partial charge in [0, 0.05) is 52.4 Å². The van der Waals surface area contributed by atoms with Crippen LogP contribution in [0.25, 0.3) is 5.82 Å². The summed E-state index contributed by atoms with van der Waals surface area (Å²) in [7, 11) is 3.60. The number of methoxy groups -OCH3 is 1. The van der Waals surface area contributed by atoms with Crippen LogP contribution in [0.1, 0.15) is 43.5 Å². The van der Waals surface area contributed by atoms with Gasteiger partial charge in [0.15, 0.2) is 5.96 Å². The van der Waals surface area contributed by atoms with E-state index in [4.69, 9.17) is 4.74 Å². The Bertz CT molecular complexity index is 768. The molecule has 160 valence electrons. The summed E-state index contributed by atoms with van der Waals surface area (Å²) in [6.07, 6.45) is 11.9. The maximum Gasteiger partial charge on any atom is 0.191 e. The molecule has 2 heterocycles. The minimum Gasteiger partial charge on any atom is -0.385 e. The summed E-state index contributed by atoms with van der Waals surface area (Å²) < 4.78 is 7.30. The van der Waals surface area contributed by atoms with Gasteiger partial charge in [-0.2, -0.15) is 0 Å². The molecule has 0 aliphatic heterocycles. The second kappa shape index (κ2) is 11.5. The second-order valence-corrected chi connectivity index (χ2v) is 7.60. The first kappa shape index (κ1) is 23.6. The molecule has 0 aromatic carbocycles. The SMILES string of the molecule is CN=C(NCc1ccc(-n2ccnc2C)nc1)NCC1(CCOC)CCCC1.I. The van der Waals surface area contributed by atoms with Crippen LogP contribution in [0.5, 0.6) is 0 Å². The van der Waals surface area contributed by atoms with E-state index in [0.717, 1.165) is 42.7 Å². The molecule has 1 aliphatic carbocycles. The van der Waals surface area contributed by atoms with Crippen LogP contribution in [-0.4, -0.2) is 47.8 Å². The van der Waals surface area contributed by atoms with E-state index in [2.05, 4.69) is 31.7 Å². The van der Waals surface area contributed by atoms with Gasteiger partial charge in [-0.05, 0) is 43.2 Å². The number of hydrogen-bond donors (Lipinski definition) is 2. The highest BCUT2D eigenvalue weighted by Crippen LogP contribution is 2.40. The lowest BCUT2D eigenvalue weighted by Gasteiger charge is -2.30. The van der Waals surface area contributed by atoms with Gasteiger partial charge in [0.05, 0.1) is 0 Å². The molecule has 0 saturated heterocycles. The van der Waals surface area contributed by atoms with Crippen LogP contribution in [-0.2, 0) is 11.3 Å². The van der Waals surface area contributed by atoms with Crippen molar-refractivity contribution in [2.24, 2.45) is 10.4 Å². The topological polar surface area (TPSA) is 76.4 Å². The molecular formula is C21H33IN6O. The number of aliphatic imine (C=N–C) groups is 1. The van der Waals surface area contributed by atoms with Gasteiger partial charge in [-0.25, -0.2) is 9.97 Å². The first-order valence-electron chi connectivity index (χ1n) is 10.0. The molecule has 2 N–H and O–H groups in total. The number of rotatable bonds is 8. The Hall–Kier alpha value is -1.68. The smallest absolute Gasteiger partial charge is 0.191 e. The van der Waals surface area contributed by atoms with Crippen molar-refractivity contribution in [3.05, 3.63) is 42.1 Å². The third-order valence-corrected chi connectivity index (χ3v) is 5.70. The molecule has 8 heteroatoms. The summed E-state index contributed by atoms with van der Waals surface area (Å²) in [5.41, 5.74) is 1.44. The summed E-state index contributed by atoms with van der Waals surface area (Å²) in [5.74, 6) is 2.64. The van der Waals surface area contributed by atoms with Crippen LogP contribution in [0.3, 0.4) is 0 Å². The Morgan fingerprint density at radius 3 is 2.62 bits per heavy atom. The quantitative estimate of drug-likeness (QED) is 0.322. The molecule has 2 aromatic rings. The predicted octanol–water partition coefficient (Wildman–Crippen LogP) is 3.46. The van der Waals surface area contributed by atoms with Crippen molar-refractivity contribution in [2.75, 3.05) is 27.3 Å².